The van der Waals surface area contributed by atoms with Crippen LogP contribution >= 0.6 is 0 Å². The van der Waals surface area contributed by atoms with E-state index in [1.54, 1.807) is 55.4 Å². The number of pyridine rings is 2. The maximum atomic E-state index is 13.4. The summed E-state index contributed by atoms with van der Waals surface area (Å²) in [6, 6.07) is 5.12. The van der Waals surface area contributed by atoms with Crippen LogP contribution in [0.1, 0.15) is 102 Å². The molecule has 2 fully saturated rings. The molecule has 5 atom stereocenters. The zero-order valence-corrected chi connectivity index (χ0v) is 44.3. The van der Waals surface area contributed by atoms with Crippen LogP contribution in [0.5, 0.6) is 23.0 Å². The molecule has 74 heavy (non-hydrogen) atoms. The van der Waals surface area contributed by atoms with Crippen LogP contribution in [0.15, 0.2) is 36.4 Å². The summed E-state index contributed by atoms with van der Waals surface area (Å²) in [5.74, 6) is -2.48. The molecule has 3 radical (unpaired) electrons. The van der Waals surface area contributed by atoms with Crippen molar-refractivity contribution in [1.82, 2.24) is 19.8 Å². The van der Waals surface area contributed by atoms with Gasteiger partial charge in [0.25, 0.3) is 0 Å². The Morgan fingerprint density at radius 2 is 1.11 bits per heavy atom. The Bertz CT molecular complexity index is 2870. The molecule has 2 aromatic carbocycles. The number of alkyl halides is 6. The summed E-state index contributed by atoms with van der Waals surface area (Å²) < 4.78 is 118. The molecule has 3 unspecified atom stereocenters. The maximum absolute atomic E-state index is 13.4. The fraction of sp³-hybridized carbons (Fsp3) is 0.521. The molecule has 4 aromatic rings. The van der Waals surface area contributed by atoms with Crippen molar-refractivity contribution in [2.45, 2.75) is 134 Å². The van der Waals surface area contributed by atoms with Crippen molar-refractivity contribution in [1.29, 1.82) is 0 Å². The molecule has 1 N–H and O–H groups in total. The predicted molar refractivity (Wildman–Crippen MR) is 245 cm³/mol. The first kappa shape index (κ1) is 59.1. The number of nitrogens with zero attached hydrogens (tertiary/aromatic N) is 4. The summed E-state index contributed by atoms with van der Waals surface area (Å²) in [6.45, 7) is 13.1. The number of benzene rings is 2. The summed E-state index contributed by atoms with van der Waals surface area (Å²) in [5.41, 5.74) is -2.40. The second-order valence-corrected chi connectivity index (χ2v) is 19.9. The first-order valence-corrected chi connectivity index (χ1v) is 22.4. The number of amides is 2. The zero-order chi connectivity index (χ0) is 53.3. The van der Waals surface area contributed by atoms with Crippen LogP contribution in [0.3, 0.4) is 0 Å². The van der Waals surface area contributed by atoms with Crippen LogP contribution in [0.25, 0.3) is 21.8 Å². The van der Waals surface area contributed by atoms with E-state index in [0.717, 1.165) is 24.3 Å². The van der Waals surface area contributed by atoms with Gasteiger partial charge in [-0.1, -0.05) is 0 Å². The molecule has 26 heteroatoms. The molecule has 395 valence electrons. The van der Waals surface area contributed by atoms with Crippen molar-refractivity contribution in [3.05, 3.63) is 58.9 Å². The minimum atomic E-state index is -4.91. The minimum Gasteiger partial charge on any atom is -1.00 e. The third-order valence-electron chi connectivity index (χ3n) is 12.0. The van der Waals surface area contributed by atoms with Gasteiger partial charge in [0.1, 0.15) is 51.7 Å². The van der Waals surface area contributed by atoms with Crippen molar-refractivity contribution in [2.24, 2.45) is 0 Å². The van der Waals surface area contributed by atoms with E-state index >= 15 is 0 Å². The number of esters is 2. The topological polar surface area (TPSA) is 212 Å². The molecular formula is C48H53BF6N4NaO14. The molecule has 4 aliphatic heterocycles. The molecule has 2 spiro atoms. The number of carbonyl (C=O) groups excluding carboxylic acids is 5. The Morgan fingerprint density at radius 3 is 1.57 bits per heavy atom. The number of fused-ring (bicyclic) bond motifs is 6. The number of hydrogen-bond acceptors (Lipinski definition) is 16. The molecule has 6 heterocycles. The molecule has 4 aliphatic rings. The summed E-state index contributed by atoms with van der Waals surface area (Å²) in [4.78, 5) is 75.4. The van der Waals surface area contributed by atoms with Crippen molar-refractivity contribution in [3.63, 3.8) is 0 Å². The van der Waals surface area contributed by atoms with Crippen LogP contribution < -0.4 is 48.5 Å². The average molecular weight is 1060 g/mol. The quantitative estimate of drug-likeness (QED) is 0.120. The molecule has 2 aromatic heterocycles. The van der Waals surface area contributed by atoms with E-state index < -0.39 is 94.7 Å². The third kappa shape index (κ3) is 12.8. The van der Waals surface area contributed by atoms with Gasteiger partial charge in [0.15, 0.2) is 11.5 Å². The summed E-state index contributed by atoms with van der Waals surface area (Å²) in [6.07, 6.45) is -12.8. The number of hydrogen-bond donors (Lipinski definition) is 1. The first-order chi connectivity index (χ1) is 33.2. The largest absolute Gasteiger partial charge is 1.00 e. The van der Waals surface area contributed by atoms with Crippen molar-refractivity contribution >= 4 is 60.1 Å². The van der Waals surface area contributed by atoms with Gasteiger partial charge in [-0.05, 0) is 91.8 Å². The Labute approximate surface area is 445 Å². The maximum Gasteiger partial charge on any atom is 1.00 e. The number of aliphatic hydroxyl groups excluding tert-OH is 1. The minimum absolute atomic E-state index is 0. The van der Waals surface area contributed by atoms with Gasteiger partial charge in [-0.3, -0.25) is 14.6 Å². The van der Waals surface area contributed by atoms with Crippen LogP contribution in [-0.2, 0) is 28.5 Å². The SMILES string of the molecule is COC(=O)[C@@H]1CC2(CC(=O)c3c(c(C)nc4ccc(OC(F)(F)F)cc34)O2)CN1C(=O)OC(C)(C)C.COC(=O)[C@@H]1CC2(CC(O)c3c(c(C)nc4ccc(OC(F)(F)F)cc34)O2)CN1C(=O)OC(C)(C)C.[B].[H-].[Na+]. The number of likely N-dealkylation sites (tertiary alicyclic amines) is 2. The number of methoxy groups -OCH3 is 2. The number of ketones is 1. The molecule has 2 amide bonds. The molecule has 18 nitrogen and oxygen atoms in total. The fourth-order valence-corrected chi connectivity index (χ4v) is 9.36. The Hall–Kier alpha value is -5.79. The van der Waals surface area contributed by atoms with Crippen molar-refractivity contribution < 1.29 is 124 Å². The van der Waals surface area contributed by atoms with E-state index in [-0.39, 0.29) is 112 Å². The van der Waals surface area contributed by atoms with Crippen molar-refractivity contribution in [3.8, 4) is 23.0 Å². The first-order valence-electron chi connectivity index (χ1n) is 22.4. The van der Waals surface area contributed by atoms with Gasteiger partial charge >= 0.3 is 66.4 Å². The molecule has 0 aliphatic carbocycles. The summed E-state index contributed by atoms with van der Waals surface area (Å²) in [7, 11) is 2.39. The normalized spacial score (nSPS) is 22.2. The third-order valence-corrected chi connectivity index (χ3v) is 12.0. The summed E-state index contributed by atoms with van der Waals surface area (Å²) >= 11 is 0. The molecule has 0 saturated carbocycles. The Kier molecular flexibility index (Phi) is 16.8. The van der Waals surface area contributed by atoms with Gasteiger partial charge in [-0.25, -0.2) is 29.1 Å². The molecule has 0 bridgehead atoms. The van der Waals surface area contributed by atoms with Crippen LogP contribution in [-0.4, -0.2) is 138 Å². The number of aromatic nitrogens is 2. The van der Waals surface area contributed by atoms with Gasteiger partial charge in [-0.15, -0.1) is 26.3 Å². The van der Waals surface area contributed by atoms with Crippen molar-refractivity contribution in [2.75, 3.05) is 27.3 Å². The van der Waals surface area contributed by atoms with Gasteiger partial charge < -0.3 is 44.4 Å². The number of carbonyl (C=O) groups is 5. The Balaban J connectivity index is 0.000000312. The second kappa shape index (κ2) is 21.1. The number of rotatable bonds is 4. The number of Topliss-reactive ketones (excluding diaryl/α,β-unsaturated/α-hetero) is 1. The van der Waals surface area contributed by atoms with Gasteiger partial charge in [0.05, 0.1) is 67.8 Å². The van der Waals surface area contributed by atoms with E-state index in [1.165, 1.54) is 36.2 Å². The monoisotopic (exact) mass is 1060 g/mol. The number of aryl methyl sites for hydroxylation is 2. The molecular weight excluding hydrogens is 1000 g/mol. The van der Waals surface area contributed by atoms with Crippen LogP contribution in [0.2, 0.25) is 0 Å². The van der Waals surface area contributed by atoms with E-state index in [2.05, 4.69) is 19.4 Å². The van der Waals surface area contributed by atoms with Gasteiger partial charge in [0.2, 0.25) is 0 Å². The molecule has 2 saturated heterocycles. The van der Waals surface area contributed by atoms with E-state index in [0.29, 0.717) is 22.4 Å². The number of ether oxygens (including phenoxy) is 8. The van der Waals surface area contributed by atoms with Crippen LogP contribution in [0, 0.1) is 13.8 Å². The summed E-state index contributed by atoms with van der Waals surface area (Å²) in [5, 5.41) is 11.6. The standard InChI is InChI=1S/C24H27F3N2O7.C24H25F3N2O7.B.Na.H/c2*1-12-19-18(14-8-13(34-24(25,26)27)6-7-15(14)28-12)17(30)10-23(35-19)9-16(20(31)33-5)29(11-23)21(32)36-22(2,3)4;;;/h6-8,16-17,30H,9-11H2,1-5H3;6-8,16H,9-11H2,1-5H3;;;/q;;;+1;-1/t16-,17?,23?;16-,23?;;;/m00.../s1. The number of aliphatic hydroxyl groups is 1. The van der Waals surface area contributed by atoms with Gasteiger partial charge in [0, 0.05) is 44.0 Å². The van der Waals surface area contributed by atoms with E-state index in [9.17, 15) is 55.4 Å². The fourth-order valence-electron chi connectivity index (χ4n) is 9.36. The number of halogens is 6. The molecule has 8 rings (SSSR count). The smallest absolute Gasteiger partial charge is 1.00 e. The Morgan fingerprint density at radius 1 is 0.689 bits per heavy atom. The zero-order valence-electron chi connectivity index (χ0n) is 43.3. The second-order valence-electron chi connectivity index (χ2n) is 19.9. The predicted octanol–water partition coefficient (Wildman–Crippen LogP) is 5.24. The van der Waals surface area contributed by atoms with Gasteiger partial charge in [-0.2, -0.15) is 0 Å². The van der Waals surface area contributed by atoms with E-state index in [4.69, 9.17) is 28.4 Å². The average Bonchev–Trinajstić information content (AvgIpc) is 3.80. The van der Waals surface area contributed by atoms with E-state index in [1.807, 2.05) is 0 Å². The van der Waals surface area contributed by atoms with Crippen LogP contribution in [0.4, 0.5) is 35.9 Å².